The summed E-state index contributed by atoms with van der Waals surface area (Å²) in [6, 6.07) is 7.62. The zero-order valence-electron chi connectivity index (χ0n) is 8.02. The van der Waals surface area contributed by atoms with Crippen LogP contribution in [0.1, 0.15) is 5.89 Å². The van der Waals surface area contributed by atoms with Crippen molar-refractivity contribution in [2.24, 2.45) is 0 Å². The Bertz CT molecular complexity index is 443. The van der Waals surface area contributed by atoms with E-state index < -0.39 is 0 Å². The predicted octanol–water partition coefficient (Wildman–Crippen LogP) is 2.06. The molecule has 0 atom stereocenters. The Labute approximate surface area is 87.3 Å². The van der Waals surface area contributed by atoms with E-state index in [1.54, 1.807) is 4.90 Å². The van der Waals surface area contributed by atoms with Crippen molar-refractivity contribution in [1.29, 1.82) is 0 Å². The molecule has 3 nitrogen and oxygen atoms in total. The third kappa shape index (κ3) is 1.48. The molecule has 0 aliphatic carbocycles. The van der Waals surface area contributed by atoms with Crippen LogP contribution in [0.5, 0.6) is 0 Å². The lowest BCUT2D eigenvalue weighted by Gasteiger charge is -2.08. The molecule has 1 aromatic carbocycles. The van der Waals surface area contributed by atoms with Crippen LogP contribution in [0, 0.1) is 0 Å². The zero-order valence-corrected chi connectivity index (χ0v) is 8.84. The van der Waals surface area contributed by atoms with Gasteiger partial charge in [0.1, 0.15) is 5.52 Å². The van der Waals surface area contributed by atoms with Gasteiger partial charge in [-0.25, -0.2) is 4.98 Å². The van der Waals surface area contributed by atoms with E-state index in [4.69, 9.17) is 16.6 Å². The van der Waals surface area contributed by atoms with Crippen LogP contribution in [-0.4, -0.2) is 29.0 Å². The molecule has 0 saturated carbocycles. The van der Waals surface area contributed by atoms with Gasteiger partial charge in [0, 0.05) is 14.1 Å². The van der Waals surface area contributed by atoms with E-state index in [1.165, 1.54) is 0 Å². The van der Waals surface area contributed by atoms with Crippen molar-refractivity contribution < 1.29 is 4.42 Å². The minimum atomic E-state index is 0.506. The SMILES string of the molecule is CN(C)C(=S)c1nc2ccccc2o1. The number of nitrogens with zero attached hydrogens (tertiary/aromatic N) is 2. The summed E-state index contributed by atoms with van der Waals surface area (Å²) < 4.78 is 5.50. The molecular weight excluding hydrogens is 196 g/mol. The minimum Gasteiger partial charge on any atom is -0.434 e. The van der Waals surface area contributed by atoms with Crippen molar-refractivity contribution >= 4 is 28.3 Å². The molecule has 0 saturated heterocycles. The Hall–Kier alpha value is -1.42. The predicted molar refractivity (Wildman–Crippen MR) is 59.4 cm³/mol. The number of hydrogen-bond donors (Lipinski definition) is 0. The molecule has 14 heavy (non-hydrogen) atoms. The topological polar surface area (TPSA) is 29.3 Å². The second-order valence-corrected chi connectivity index (χ2v) is 3.57. The number of fused-ring (bicyclic) bond motifs is 1. The van der Waals surface area contributed by atoms with E-state index in [9.17, 15) is 0 Å². The third-order valence-electron chi connectivity index (χ3n) is 1.88. The van der Waals surface area contributed by atoms with Gasteiger partial charge in [0.25, 0.3) is 5.89 Å². The first-order chi connectivity index (χ1) is 6.68. The van der Waals surface area contributed by atoms with Crippen LogP contribution in [0.15, 0.2) is 28.7 Å². The van der Waals surface area contributed by atoms with Gasteiger partial charge in [0.15, 0.2) is 10.6 Å². The summed E-state index contributed by atoms with van der Waals surface area (Å²) in [5, 5.41) is 0. The van der Waals surface area contributed by atoms with Gasteiger partial charge < -0.3 is 9.32 Å². The summed E-state index contributed by atoms with van der Waals surface area (Å²) in [6.07, 6.45) is 0. The van der Waals surface area contributed by atoms with Crippen LogP contribution >= 0.6 is 12.2 Å². The largest absolute Gasteiger partial charge is 0.434 e. The lowest BCUT2D eigenvalue weighted by Crippen LogP contribution is -2.20. The highest BCUT2D eigenvalue weighted by atomic mass is 32.1. The molecule has 2 aromatic rings. The van der Waals surface area contributed by atoms with Gasteiger partial charge in [-0.1, -0.05) is 24.4 Å². The van der Waals surface area contributed by atoms with Crippen molar-refractivity contribution in [2.45, 2.75) is 0 Å². The van der Waals surface area contributed by atoms with E-state index in [2.05, 4.69) is 4.98 Å². The van der Waals surface area contributed by atoms with Gasteiger partial charge in [-0.3, -0.25) is 0 Å². The molecule has 0 spiro atoms. The Morgan fingerprint density at radius 1 is 1.36 bits per heavy atom. The minimum absolute atomic E-state index is 0.506. The lowest BCUT2D eigenvalue weighted by atomic mass is 10.3. The average molecular weight is 206 g/mol. The molecule has 1 aromatic heterocycles. The highest BCUT2D eigenvalue weighted by Crippen LogP contribution is 2.15. The van der Waals surface area contributed by atoms with Gasteiger partial charge >= 0.3 is 0 Å². The Morgan fingerprint density at radius 3 is 2.71 bits per heavy atom. The number of thiocarbonyl (C=S) groups is 1. The molecule has 0 unspecified atom stereocenters. The number of benzene rings is 1. The maximum Gasteiger partial charge on any atom is 0.255 e. The summed E-state index contributed by atoms with van der Waals surface area (Å²) in [5.41, 5.74) is 1.61. The number of rotatable bonds is 1. The van der Waals surface area contributed by atoms with Crippen LogP contribution in [0.2, 0.25) is 0 Å². The van der Waals surface area contributed by atoms with Crippen LogP contribution < -0.4 is 0 Å². The molecule has 0 N–H and O–H groups in total. The van der Waals surface area contributed by atoms with Gasteiger partial charge in [-0.05, 0) is 12.1 Å². The van der Waals surface area contributed by atoms with Gasteiger partial charge in [-0.2, -0.15) is 0 Å². The molecule has 0 fully saturated rings. The summed E-state index contributed by atoms with van der Waals surface area (Å²) in [6.45, 7) is 0. The van der Waals surface area contributed by atoms with E-state index in [0.29, 0.717) is 10.9 Å². The fourth-order valence-electron chi connectivity index (χ4n) is 1.15. The maximum atomic E-state index is 5.50. The second-order valence-electron chi connectivity index (χ2n) is 3.19. The average Bonchev–Trinajstić information content (AvgIpc) is 2.59. The maximum absolute atomic E-state index is 5.50. The van der Waals surface area contributed by atoms with E-state index >= 15 is 0 Å². The van der Waals surface area contributed by atoms with Gasteiger partial charge in [0.05, 0.1) is 0 Å². The smallest absolute Gasteiger partial charge is 0.255 e. The summed E-state index contributed by atoms with van der Waals surface area (Å²) >= 11 is 5.16. The van der Waals surface area contributed by atoms with Crippen LogP contribution in [0.4, 0.5) is 0 Å². The first-order valence-corrected chi connectivity index (χ1v) is 4.66. The highest BCUT2D eigenvalue weighted by molar-refractivity contribution is 7.80. The molecule has 0 amide bonds. The van der Waals surface area contributed by atoms with E-state index in [0.717, 1.165) is 11.1 Å². The first kappa shape index (κ1) is 9.15. The molecule has 4 heteroatoms. The molecule has 1 heterocycles. The summed E-state index contributed by atoms with van der Waals surface area (Å²) in [4.78, 5) is 6.70. The lowest BCUT2D eigenvalue weighted by molar-refractivity contribution is 0.554. The Balaban J connectivity index is 2.50. The van der Waals surface area contributed by atoms with Crippen molar-refractivity contribution in [2.75, 3.05) is 14.1 Å². The van der Waals surface area contributed by atoms with Gasteiger partial charge in [-0.15, -0.1) is 0 Å². The quantitative estimate of drug-likeness (QED) is 0.668. The van der Waals surface area contributed by atoms with Crippen molar-refractivity contribution in [3.8, 4) is 0 Å². The summed E-state index contributed by atoms with van der Waals surface area (Å²) in [5.74, 6) is 0.506. The van der Waals surface area contributed by atoms with Crippen LogP contribution in [-0.2, 0) is 0 Å². The van der Waals surface area contributed by atoms with Crippen LogP contribution in [0.3, 0.4) is 0 Å². The fraction of sp³-hybridized carbons (Fsp3) is 0.200. The molecule has 0 radical (unpaired) electrons. The van der Waals surface area contributed by atoms with Crippen LogP contribution in [0.25, 0.3) is 11.1 Å². The molecular formula is C10H10N2OS. The highest BCUT2D eigenvalue weighted by Gasteiger charge is 2.11. The molecule has 0 aliphatic rings. The number of para-hydroxylation sites is 2. The standard InChI is InChI=1S/C10H10N2OS/c1-12(2)10(14)9-11-7-5-3-4-6-8(7)13-9/h3-6H,1-2H3. The van der Waals surface area contributed by atoms with Crippen molar-refractivity contribution in [3.63, 3.8) is 0 Å². The van der Waals surface area contributed by atoms with E-state index in [-0.39, 0.29) is 0 Å². The normalized spacial score (nSPS) is 10.4. The summed E-state index contributed by atoms with van der Waals surface area (Å²) in [7, 11) is 3.74. The number of oxazole rings is 1. The number of hydrogen-bond acceptors (Lipinski definition) is 3. The van der Waals surface area contributed by atoms with Crippen molar-refractivity contribution in [3.05, 3.63) is 30.2 Å². The van der Waals surface area contributed by atoms with E-state index in [1.807, 2.05) is 38.4 Å². The second kappa shape index (κ2) is 3.38. The van der Waals surface area contributed by atoms with Gasteiger partial charge in [0.2, 0.25) is 0 Å². The fourth-order valence-corrected chi connectivity index (χ4v) is 1.24. The monoisotopic (exact) mass is 206 g/mol. The molecule has 0 bridgehead atoms. The molecule has 72 valence electrons. The third-order valence-corrected chi connectivity index (χ3v) is 2.42. The first-order valence-electron chi connectivity index (χ1n) is 4.25. The Morgan fingerprint density at radius 2 is 2.07 bits per heavy atom. The molecule has 0 aliphatic heterocycles. The molecule has 2 rings (SSSR count). The van der Waals surface area contributed by atoms with Crippen molar-refractivity contribution in [1.82, 2.24) is 9.88 Å². The Kier molecular flexibility index (Phi) is 2.21. The number of aromatic nitrogens is 1. The zero-order chi connectivity index (χ0) is 10.1.